The number of piperidine rings is 1. The monoisotopic (exact) mass is 500 g/mol. The number of carboxylic acids is 2. The van der Waals surface area contributed by atoms with Gasteiger partial charge in [0.2, 0.25) is 5.91 Å². The van der Waals surface area contributed by atoms with Gasteiger partial charge in [-0.2, -0.15) is 0 Å². The Kier molecular flexibility index (Phi) is 11.7. The molecular formula is C27H36N2O7. The second kappa shape index (κ2) is 14.7. The molecule has 0 aromatic heterocycles. The van der Waals surface area contributed by atoms with Gasteiger partial charge in [0.05, 0.1) is 7.11 Å². The molecular weight excluding hydrogens is 464 g/mol. The number of benzene rings is 2. The van der Waals surface area contributed by atoms with Gasteiger partial charge in [-0.15, -0.1) is 0 Å². The van der Waals surface area contributed by atoms with E-state index in [0.717, 1.165) is 50.9 Å². The highest BCUT2D eigenvalue weighted by Crippen LogP contribution is 2.31. The molecule has 2 aromatic carbocycles. The van der Waals surface area contributed by atoms with Crippen molar-refractivity contribution in [3.05, 3.63) is 59.7 Å². The number of hydrogen-bond donors (Lipinski definition) is 3. The van der Waals surface area contributed by atoms with Gasteiger partial charge >= 0.3 is 11.9 Å². The number of carboxylic acid groups (broad SMARTS) is 2. The summed E-state index contributed by atoms with van der Waals surface area (Å²) in [5.74, 6) is -2.56. The van der Waals surface area contributed by atoms with Crippen molar-refractivity contribution in [1.82, 2.24) is 9.80 Å². The van der Waals surface area contributed by atoms with E-state index in [2.05, 4.69) is 24.0 Å². The second-order valence-corrected chi connectivity index (χ2v) is 8.73. The van der Waals surface area contributed by atoms with Gasteiger partial charge in [0.1, 0.15) is 0 Å². The number of phenolic OH excluding ortho intramolecular Hbond substituents is 1. The Labute approximate surface area is 211 Å². The van der Waals surface area contributed by atoms with Gasteiger partial charge in [0, 0.05) is 31.1 Å². The highest BCUT2D eigenvalue weighted by atomic mass is 16.5. The third-order valence-electron chi connectivity index (χ3n) is 6.13. The number of hydrogen-bond acceptors (Lipinski definition) is 6. The second-order valence-electron chi connectivity index (χ2n) is 8.73. The van der Waals surface area contributed by atoms with Crippen LogP contribution in [0.3, 0.4) is 0 Å². The summed E-state index contributed by atoms with van der Waals surface area (Å²) in [6.07, 6.45) is 3.84. The molecule has 1 aliphatic heterocycles. The summed E-state index contributed by atoms with van der Waals surface area (Å²) in [5, 5.41) is 25.1. The first-order valence-corrected chi connectivity index (χ1v) is 12.1. The minimum absolute atomic E-state index is 0.0840. The van der Waals surface area contributed by atoms with E-state index in [1.54, 1.807) is 13.2 Å². The van der Waals surface area contributed by atoms with Crippen molar-refractivity contribution in [3.8, 4) is 11.5 Å². The number of ether oxygens (including phenoxy) is 1. The number of rotatable bonds is 9. The lowest BCUT2D eigenvalue weighted by molar-refractivity contribution is -0.159. The molecule has 1 heterocycles. The molecule has 1 aliphatic rings. The number of carbonyl (C=O) groups is 3. The van der Waals surface area contributed by atoms with E-state index in [1.807, 2.05) is 35.2 Å². The topological polar surface area (TPSA) is 128 Å². The zero-order valence-electron chi connectivity index (χ0n) is 20.9. The molecule has 0 aliphatic carbocycles. The minimum Gasteiger partial charge on any atom is -0.504 e. The van der Waals surface area contributed by atoms with Crippen molar-refractivity contribution < 1.29 is 34.4 Å². The van der Waals surface area contributed by atoms with E-state index in [4.69, 9.17) is 24.5 Å². The van der Waals surface area contributed by atoms with Gasteiger partial charge in [-0.1, -0.05) is 55.8 Å². The molecule has 3 rings (SSSR count). The zero-order chi connectivity index (χ0) is 26.5. The van der Waals surface area contributed by atoms with Gasteiger partial charge in [-0.05, 0) is 44.0 Å². The Bertz CT molecular complexity index is 977. The molecule has 2 aromatic rings. The molecule has 0 bridgehead atoms. The molecule has 9 nitrogen and oxygen atoms in total. The lowest BCUT2D eigenvalue weighted by Crippen LogP contribution is -2.42. The van der Waals surface area contributed by atoms with Crippen LogP contribution in [0, 0.1) is 5.92 Å². The van der Waals surface area contributed by atoms with Crippen LogP contribution in [0.2, 0.25) is 0 Å². The van der Waals surface area contributed by atoms with Crippen LogP contribution in [-0.4, -0.2) is 69.7 Å². The molecule has 1 saturated heterocycles. The summed E-state index contributed by atoms with van der Waals surface area (Å²) in [4.78, 5) is 35.8. The normalized spacial score (nSPS) is 13.8. The number of carbonyl (C=O) groups excluding carboxylic acids is 1. The summed E-state index contributed by atoms with van der Waals surface area (Å²) in [5.41, 5.74) is 2.06. The van der Waals surface area contributed by atoms with E-state index in [1.165, 1.54) is 5.56 Å². The van der Waals surface area contributed by atoms with Crippen molar-refractivity contribution in [2.45, 2.75) is 45.7 Å². The molecule has 1 amide bonds. The van der Waals surface area contributed by atoms with Crippen molar-refractivity contribution >= 4 is 17.8 Å². The Balaban J connectivity index is 0.000000678. The minimum atomic E-state index is -1.82. The molecule has 0 saturated carbocycles. The maximum absolute atomic E-state index is 13.3. The highest BCUT2D eigenvalue weighted by Gasteiger charge is 2.29. The molecule has 3 N–H and O–H groups in total. The number of phenols is 1. The van der Waals surface area contributed by atoms with Crippen LogP contribution < -0.4 is 4.74 Å². The summed E-state index contributed by atoms with van der Waals surface area (Å²) >= 11 is 0. The summed E-state index contributed by atoms with van der Waals surface area (Å²) < 4.78 is 5.21. The summed E-state index contributed by atoms with van der Waals surface area (Å²) in [6.45, 7) is 6.07. The average Bonchev–Trinajstić information content (AvgIpc) is 2.88. The van der Waals surface area contributed by atoms with Gasteiger partial charge in [0.25, 0.3) is 0 Å². The van der Waals surface area contributed by atoms with Gasteiger partial charge in [-0.3, -0.25) is 9.69 Å². The Morgan fingerprint density at radius 3 is 2.19 bits per heavy atom. The van der Waals surface area contributed by atoms with Crippen molar-refractivity contribution in [1.29, 1.82) is 0 Å². The fourth-order valence-electron chi connectivity index (χ4n) is 4.12. The number of nitrogens with zero attached hydrogens (tertiary/aromatic N) is 2. The molecule has 0 unspecified atom stereocenters. The highest BCUT2D eigenvalue weighted by molar-refractivity contribution is 6.27. The predicted octanol–water partition coefficient (Wildman–Crippen LogP) is 3.60. The number of likely N-dealkylation sites (tertiary alicyclic amines) is 1. The van der Waals surface area contributed by atoms with Crippen molar-refractivity contribution in [3.63, 3.8) is 0 Å². The number of amides is 1. The lowest BCUT2D eigenvalue weighted by Gasteiger charge is -2.34. The van der Waals surface area contributed by atoms with Gasteiger partial charge < -0.3 is 25.0 Å². The number of aliphatic carboxylic acids is 2. The smallest absolute Gasteiger partial charge is 0.414 e. The van der Waals surface area contributed by atoms with Gasteiger partial charge in [-0.25, -0.2) is 9.59 Å². The van der Waals surface area contributed by atoms with Crippen LogP contribution in [-0.2, 0) is 27.5 Å². The molecule has 0 radical (unpaired) electrons. The van der Waals surface area contributed by atoms with E-state index < -0.39 is 11.9 Å². The fraction of sp³-hybridized carbons (Fsp3) is 0.444. The third kappa shape index (κ3) is 8.88. The van der Waals surface area contributed by atoms with Crippen LogP contribution in [0.25, 0.3) is 0 Å². The standard InChI is InChI=1S/C25H34N2O3.C2H2O4/c1-3-4-15-27(18-20-9-6-5-7-10-20)25(29)21-13-16-26(17-14-21)19-22-11-8-12-23(30-2)24(22)28;3-1(4)2(5)6/h5-12,21,28H,3-4,13-19H2,1-2H3;(H,3,4)(H,5,6). The molecule has 0 spiro atoms. The summed E-state index contributed by atoms with van der Waals surface area (Å²) in [6, 6.07) is 15.9. The van der Waals surface area contributed by atoms with Crippen LogP contribution in [0.5, 0.6) is 11.5 Å². The SMILES string of the molecule is CCCCN(Cc1ccccc1)C(=O)C1CCN(Cc2cccc(OC)c2O)CC1.O=C(O)C(=O)O. The molecule has 196 valence electrons. The quantitative estimate of drug-likeness (QED) is 0.446. The average molecular weight is 501 g/mol. The zero-order valence-corrected chi connectivity index (χ0v) is 20.9. The van der Waals surface area contributed by atoms with E-state index in [-0.39, 0.29) is 17.6 Å². The predicted molar refractivity (Wildman–Crippen MR) is 135 cm³/mol. The number of unbranched alkanes of at least 4 members (excludes halogenated alkanes) is 1. The first-order valence-electron chi connectivity index (χ1n) is 12.1. The number of aromatic hydroxyl groups is 1. The van der Waals surface area contributed by atoms with Crippen LogP contribution >= 0.6 is 0 Å². The van der Waals surface area contributed by atoms with Crippen molar-refractivity contribution in [2.24, 2.45) is 5.92 Å². The maximum Gasteiger partial charge on any atom is 0.414 e. The van der Waals surface area contributed by atoms with E-state index in [9.17, 15) is 9.90 Å². The molecule has 1 fully saturated rings. The van der Waals surface area contributed by atoms with E-state index in [0.29, 0.717) is 18.8 Å². The first kappa shape index (κ1) is 28.6. The number of para-hydroxylation sites is 1. The van der Waals surface area contributed by atoms with Gasteiger partial charge in [0.15, 0.2) is 11.5 Å². The van der Waals surface area contributed by atoms with E-state index >= 15 is 0 Å². The first-order chi connectivity index (χ1) is 17.3. The lowest BCUT2D eigenvalue weighted by atomic mass is 9.94. The Morgan fingerprint density at radius 1 is 1.00 bits per heavy atom. The maximum atomic E-state index is 13.3. The van der Waals surface area contributed by atoms with Crippen LogP contribution in [0.1, 0.15) is 43.7 Å². The van der Waals surface area contributed by atoms with Crippen molar-refractivity contribution in [2.75, 3.05) is 26.7 Å². The molecule has 9 heteroatoms. The van der Waals surface area contributed by atoms with Crippen LogP contribution in [0.15, 0.2) is 48.5 Å². The van der Waals surface area contributed by atoms with Crippen LogP contribution in [0.4, 0.5) is 0 Å². The molecule has 0 atom stereocenters. The molecule has 36 heavy (non-hydrogen) atoms. The summed E-state index contributed by atoms with van der Waals surface area (Å²) in [7, 11) is 1.57. The largest absolute Gasteiger partial charge is 0.504 e. The number of methoxy groups -OCH3 is 1. The third-order valence-corrected chi connectivity index (χ3v) is 6.13. The Morgan fingerprint density at radius 2 is 1.64 bits per heavy atom. The Hall–Kier alpha value is -3.59. The fourth-order valence-corrected chi connectivity index (χ4v) is 4.12.